The van der Waals surface area contributed by atoms with Gasteiger partial charge in [0.2, 0.25) is 0 Å². The second-order valence-corrected chi connectivity index (χ2v) is 3.07. The van der Waals surface area contributed by atoms with E-state index in [0.717, 1.165) is 0 Å². The maximum atomic E-state index is 10.5. The maximum Gasteiger partial charge on any atom is 0.508 e. The highest BCUT2D eigenvalue weighted by Gasteiger charge is 2.32. The van der Waals surface area contributed by atoms with E-state index in [9.17, 15) is 4.79 Å². The van der Waals surface area contributed by atoms with Crippen LogP contribution in [0.5, 0.6) is 0 Å². The monoisotopic (exact) mass is 160 g/mol. The first kappa shape index (κ1) is 8.33. The summed E-state index contributed by atoms with van der Waals surface area (Å²) in [6.45, 7) is 3.24. The molecule has 64 valence electrons. The van der Waals surface area contributed by atoms with Gasteiger partial charge in [-0.25, -0.2) is 4.79 Å². The van der Waals surface area contributed by atoms with Crippen molar-refractivity contribution in [2.75, 3.05) is 26.9 Å². The molecule has 0 saturated carbocycles. The van der Waals surface area contributed by atoms with Crippen LogP contribution >= 0.6 is 0 Å². The molecule has 0 amide bonds. The van der Waals surface area contributed by atoms with Crippen LogP contribution in [0.1, 0.15) is 6.92 Å². The molecule has 0 aromatic heterocycles. The third kappa shape index (κ3) is 2.08. The van der Waals surface area contributed by atoms with Crippen LogP contribution in [-0.2, 0) is 14.2 Å². The molecule has 0 unspecified atom stereocenters. The van der Waals surface area contributed by atoms with E-state index in [-0.39, 0.29) is 5.41 Å². The average molecular weight is 160 g/mol. The third-order valence-corrected chi connectivity index (χ3v) is 1.57. The summed E-state index contributed by atoms with van der Waals surface area (Å²) in [5.41, 5.74) is -0.178. The van der Waals surface area contributed by atoms with Gasteiger partial charge in [0.15, 0.2) is 0 Å². The first-order valence-corrected chi connectivity index (χ1v) is 3.45. The average Bonchev–Trinajstić information content (AvgIpc) is 1.97. The Morgan fingerprint density at radius 1 is 1.55 bits per heavy atom. The Balaban J connectivity index is 2.41. The fraction of sp³-hybridized carbons (Fsp3) is 0.857. The predicted octanol–water partition coefficient (Wildman–Crippen LogP) is 0.806. The highest BCUT2D eigenvalue weighted by molar-refractivity contribution is 5.60. The van der Waals surface area contributed by atoms with E-state index < -0.39 is 6.16 Å². The molecule has 0 aromatic rings. The van der Waals surface area contributed by atoms with Crippen molar-refractivity contribution in [3.05, 3.63) is 0 Å². The second-order valence-electron chi connectivity index (χ2n) is 3.07. The van der Waals surface area contributed by atoms with E-state index in [2.05, 4.69) is 0 Å². The van der Waals surface area contributed by atoms with Crippen molar-refractivity contribution < 1.29 is 19.0 Å². The molecule has 1 fully saturated rings. The highest BCUT2D eigenvalue weighted by Crippen LogP contribution is 2.21. The summed E-state index contributed by atoms with van der Waals surface area (Å²) < 4.78 is 14.4. The van der Waals surface area contributed by atoms with Crippen LogP contribution in [-0.4, -0.2) is 33.1 Å². The maximum absolute atomic E-state index is 10.5. The van der Waals surface area contributed by atoms with E-state index in [0.29, 0.717) is 19.8 Å². The Morgan fingerprint density at radius 3 is 2.55 bits per heavy atom. The Bertz CT molecular complexity index is 145. The number of rotatable bonds is 2. The molecule has 0 bridgehead atoms. The number of cyclic esters (lactones) is 2. The van der Waals surface area contributed by atoms with Crippen molar-refractivity contribution >= 4 is 6.16 Å². The van der Waals surface area contributed by atoms with Crippen molar-refractivity contribution in [3.63, 3.8) is 0 Å². The van der Waals surface area contributed by atoms with Gasteiger partial charge in [-0.05, 0) is 0 Å². The van der Waals surface area contributed by atoms with Crippen molar-refractivity contribution in [3.8, 4) is 0 Å². The molecule has 0 N–H and O–H groups in total. The molecule has 0 aliphatic carbocycles. The Kier molecular flexibility index (Phi) is 2.34. The van der Waals surface area contributed by atoms with Gasteiger partial charge in [0.05, 0.1) is 12.0 Å². The third-order valence-electron chi connectivity index (χ3n) is 1.57. The van der Waals surface area contributed by atoms with E-state index in [1.54, 1.807) is 7.11 Å². The minimum absolute atomic E-state index is 0.178. The molecule has 0 spiro atoms. The molecule has 4 nitrogen and oxygen atoms in total. The van der Waals surface area contributed by atoms with E-state index in [1.807, 2.05) is 6.92 Å². The molecule has 1 aliphatic heterocycles. The molecule has 4 heteroatoms. The van der Waals surface area contributed by atoms with Gasteiger partial charge in [-0.3, -0.25) is 0 Å². The lowest BCUT2D eigenvalue weighted by atomic mass is 9.94. The minimum atomic E-state index is -0.585. The number of methoxy groups -OCH3 is 1. The smallest absolute Gasteiger partial charge is 0.433 e. The molecule has 1 rings (SSSR count). The van der Waals surface area contributed by atoms with Crippen LogP contribution in [0.3, 0.4) is 0 Å². The first-order valence-electron chi connectivity index (χ1n) is 3.45. The van der Waals surface area contributed by atoms with E-state index in [4.69, 9.17) is 14.2 Å². The molecule has 0 aromatic carbocycles. The summed E-state index contributed by atoms with van der Waals surface area (Å²) in [5, 5.41) is 0. The van der Waals surface area contributed by atoms with Crippen LogP contribution < -0.4 is 0 Å². The number of carbonyl (C=O) groups is 1. The summed E-state index contributed by atoms with van der Waals surface area (Å²) >= 11 is 0. The van der Waals surface area contributed by atoms with Crippen LogP contribution in [0, 0.1) is 5.41 Å². The number of ether oxygens (including phenoxy) is 3. The zero-order valence-corrected chi connectivity index (χ0v) is 6.75. The molecular formula is C7H12O4. The Hall–Kier alpha value is -0.770. The number of hydrogen-bond acceptors (Lipinski definition) is 4. The van der Waals surface area contributed by atoms with Gasteiger partial charge >= 0.3 is 6.16 Å². The summed E-state index contributed by atoms with van der Waals surface area (Å²) in [6, 6.07) is 0. The van der Waals surface area contributed by atoms with Crippen molar-refractivity contribution in [1.82, 2.24) is 0 Å². The van der Waals surface area contributed by atoms with Gasteiger partial charge in [-0.1, -0.05) is 6.92 Å². The van der Waals surface area contributed by atoms with Crippen LogP contribution in [0.25, 0.3) is 0 Å². The molecule has 0 atom stereocenters. The van der Waals surface area contributed by atoms with Gasteiger partial charge in [-0.2, -0.15) is 0 Å². The second kappa shape index (κ2) is 3.09. The van der Waals surface area contributed by atoms with Crippen molar-refractivity contribution in [1.29, 1.82) is 0 Å². The van der Waals surface area contributed by atoms with Crippen molar-refractivity contribution in [2.45, 2.75) is 6.92 Å². The fourth-order valence-electron chi connectivity index (χ4n) is 0.981. The van der Waals surface area contributed by atoms with Gasteiger partial charge in [0.1, 0.15) is 13.2 Å². The van der Waals surface area contributed by atoms with Crippen molar-refractivity contribution in [2.24, 2.45) is 5.41 Å². The molecule has 11 heavy (non-hydrogen) atoms. The predicted molar refractivity (Wildman–Crippen MR) is 37.3 cm³/mol. The number of hydrogen-bond donors (Lipinski definition) is 0. The molecule has 0 radical (unpaired) electrons. The van der Waals surface area contributed by atoms with E-state index >= 15 is 0 Å². The summed E-state index contributed by atoms with van der Waals surface area (Å²) in [5.74, 6) is 0. The topological polar surface area (TPSA) is 44.8 Å². The van der Waals surface area contributed by atoms with Crippen LogP contribution in [0.4, 0.5) is 4.79 Å². The molecule has 1 aliphatic rings. The normalized spacial score (nSPS) is 22.2. The van der Waals surface area contributed by atoms with Gasteiger partial charge in [0.25, 0.3) is 0 Å². The Labute approximate surface area is 65.4 Å². The first-order chi connectivity index (χ1) is 5.16. The molecule has 1 saturated heterocycles. The zero-order chi connectivity index (χ0) is 8.32. The fourth-order valence-corrected chi connectivity index (χ4v) is 0.981. The quantitative estimate of drug-likeness (QED) is 0.560. The van der Waals surface area contributed by atoms with Gasteiger partial charge in [-0.15, -0.1) is 0 Å². The summed E-state index contributed by atoms with van der Waals surface area (Å²) in [4.78, 5) is 10.5. The lowest BCUT2D eigenvalue weighted by Crippen LogP contribution is -2.40. The number of carbonyl (C=O) groups excluding carboxylic acids is 1. The minimum Gasteiger partial charge on any atom is -0.433 e. The molecule has 1 heterocycles. The lowest BCUT2D eigenvalue weighted by molar-refractivity contribution is -0.0782. The van der Waals surface area contributed by atoms with E-state index in [1.165, 1.54) is 0 Å². The van der Waals surface area contributed by atoms with Crippen LogP contribution in [0.2, 0.25) is 0 Å². The summed E-state index contributed by atoms with van der Waals surface area (Å²) in [6.07, 6.45) is -0.585. The van der Waals surface area contributed by atoms with Gasteiger partial charge in [0, 0.05) is 7.11 Å². The van der Waals surface area contributed by atoms with Crippen LogP contribution in [0.15, 0.2) is 0 Å². The standard InChI is InChI=1S/C7H12O4/c1-7(3-9-2)4-10-6(8)11-5-7/h3-5H2,1-2H3. The summed E-state index contributed by atoms with van der Waals surface area (Å²) in [7, 11) is 1.61. The Morgan fingerprint density at radius 2 is 2.09 bits per heavy atom. The highest BCUT2D eigenvalue weighted by atomic mass is 16.7. The van der Waals surface area contributed by atoms with Gasteiger partial charge < -0.3 is 14.2 Å². The zero-order valence-electron chi connectivity index (χ0n) is 6.75. The largest absolute Gasteiger partial charge is 0.508 e. The SMILES string of the molecule is COCC1(C)COC(=O)OC1. The molecular weight excluding hydrogens is 148 g/mol. The lowest BCUT2D eigenvalue weighted by Gasteiger charge is -2.31.